The van der Waals surface area contributed by atoms with Crippen LogP contribution in [0.5, 0.6) is 23.0 Å². The van der Waals surface area contributed by atoms with Crippen molar-refractivity contribution in [3.8, 4) is 23.0 Å². The van der Waals surface area contributed by atoms with Crippen LogP contribution in [0.25, 0.3) is 0 Å². The van der Waals surface area contributed by atoms with Crippen molar-refractivity contribution in [3.05, 3.63) is 71.5 Å². The Hall–Kier alpha value is -3.45. The fourth-order valence-corrected chi connectivity index (χ4v) is 3.92. The first kappa shape index (κ1) is 24.2. The lowest BCUT2D eigenvalue weighted by Crippen LogP contribution is -2.24. The summed E-state index contributed by atoms with van der Waals surface area (Å²) in [5.74, 6) is 0.530. The van der Waals surface area contributed by atoms with Crippen molar-refractivity contribution in [3.63, 3.8) is 0 Å². The second kappa shape index (κ2) is 11.4. The molecule has 1 aromatic heterocycles. The van der Waals surface area contributed by atoms with Gasteiger partial charge in [-0.2, -0.15) is 0 Å². The molecule has 0 aliphatic rings. The van der Waals surface area contributed by atoms with Gasteiger partial charge in [0.1, 0.15) is 5.78 Å². The molecule has 0 saturated carbocycles. The standard InChI is InChI=1S/C26H31NO6/c1-32-25-13-17(4-7-22(25)29)3-6-21(28)15-24(31)20(12-19-9-10-27-16-19)11-18-5-8-23(30)26(14-18)33-2/h4-5,7-10,13-14,16,20-21,27-30H,3,6,11-12,15H2,1-2H3. The highest BCUT2D eigenvalue weighted by Crippen LogP contribution is 2.29. The number of hydrogen-bond donors (Lipinski definition) is 4. The molecule has 7 nitrogen and oxygen atoms in total. The van der Waals surface area contributed by atoms with Crippen LogP contribution in [0.3, 0.4) is 0 Å². The zero-order chi connectivity index (χ0) is 23.8. The number of carbonyl (C=O) groups excluding carboxylic acids is 1. The number of ether oxygens (including phenoxy) is 2. The second-order valence-electron chi connectivity index (χ2n) is 8.20. The van der Waals surface area contributed by atoms with E-state index in [0.717, 1.165) is 16.7 Å². The molecule has 0 aliphatic carbocycles. The summed E-state index contributed by atoms with van der Waals surface area (Å²) in [6, 6.07) is 12.1. The maximum absolute atomic E-state index is 13.2. The number of aliphatic hydroxyl groups excluding tert-OH is 1. The van der Waals surface area contributed by atoms with Crippen LogP contribution in [0.4, 0.5) is 0 Å². The van der Waals surface area contributed by atoms with Gasteiger partial charge in [0.25, 0.3) is 0 Å². The summed E-state index contributed by atoms with van der Waals surface area (Å²) < 4.78 is 10.3. The fraction of sp³-hybridized carbons (Fsp3) is 0.346. The van der Waals surface area contributed by atoms with E-state index in [1.807, 2.05) is 18.5 Å². The number of benzene rings is 2. The Morgan fingerprint density at radius 3 is 2.12 bits per heavy atom. The highest BCUT2D eigenvalue weighted by Gasteiger charge is 2.23. The van der Waals surface area contributed by atoms with Crippen LogP contribution in [-0.4, -0.2) is 46.4 Å². The van der Waals surface area contributed by atoms with Crippen LogP contribution < -0.4 is 9.47 Å². The highest BCUT2D eigenvalue weighted by atomic mass is 16.5. The van der Waals surface area contributed by atoms with E-state index in [2.05, 4.69) is 4.98 Å². The first-order valence-corrected chi connectivity index (χ1v) is 10.9. The van der Waals surface area contributed by atoms with Gasteiger partial charge in [-0.3, -0.25) is 4.79 Å². The van der Waals surface area contributed by atoms with Crippen LogP contribution in [-0.2, 0) is 24.1 Å². The Balaban J connectivity index is 1.65. The number of rotatable bonds is 12. The highest BCUT2D eigenvalue weighted by molar-refractivity contribution is 5.82. The molecule has 7 heteroatoms. The third-order valence-corrected chi connectivity index (χ3v) is 5.77. The normalized spacial score (nSPS) is 12.8. The Kier molecular flexibility index (Phi) is 8.38. The summed E-state index contributed by atoms with van der Waals surface area (Å²) >= 11 is 0. The molecule has 4 N–H and O–H groups in total. The molecule has 176 valence electrons. The molecule has 0 spiro atoms. The number of Topliss-reactive ketones (excluding diaryl/α,β-unsaturated/α-hetero) is 1. The molecule has 0 amide bonds. The SMILES string of the molecule is COc1cc(CCC(O)CC(=O)C(Cc2cc[nH]c2)Cc2ccc(O)c(OC)c2)ccc1O. The number of methoxy groups -OCH3 is 2. The fourth-order valence-electron chi connectivity index (χ4n) is 3.92. The number of aromatic amines is 1. The summed E-state index contributed by atoms with van der Waals surface area (Å²) in [5.41, 5.74) is 2.81. The predicted octanol–water partition coefficient (Wildman–Crippen LogP) is 3.80. The third kappa shape index (κ3) is 6.76. The number of carbonyl (C=O) groups is 1. The number of hydrogen-bond acceptors (Lipinski definition) is 6. The van der Waals surface area contributed by atoms with Gasteiger partial charge in [-0.25, -0.2) is 0 Å². The molecule has 0 fully saturated rings. The quantitative estimate of drug-likeness (QED) is 0.332. The van der Waals surface area contributed by atoms with Crippen molar-refractivity contribution in [2.24, 2.45) is 5.92 Å². The van der Waals surface area contributed by atoms with Gasteiger partial charge in [-0.05, 0) is 72.7 Å². The van der Waals surface area contributed by atoms with E-state index in [0.29, 0.717) is 37.2 Å². The first-order chi connectivity index (χ1) is 15.9. The number of ketones is 1. The minimum absolute atomic E-state index is 0.0148. The minimum Gasteiger partial charge on any atom is -0.504 e. The molecule has 0 aliphatic heterocycles. The molecule has 2 atom stereocenters. The lowest BCUT2D eigenvalue weighted by Gasteiger charge is -2.18. The molecular weight excluding hydrogens is 422 g/mol. The summed E-state index contributed by atoms with van der Waals surface area (Å²) in [7, 11) is 2.97. The van der Waals surface area contributed by atoms with Crippen LogP contribution in [0.2, 0.25) is 0 Å². The summed E-state index contributed by atoms with van der Waals surface area (Å²) in [6.07, 6.45) is 4.97. The smallest absolute Gasteiger partial charge is 0.160 e. The third-order valence-electron chi connectivity index (χ3n) is 5.77. The maximum Gasteiger partial charge on any atom is 0.160 e. The average Bonchev–Trinajstić information content (AvgIpc) is 3.32. The molecule has 3 rings (SSSR count). The van der Waals surface area contributed by atoms with E-state index in [4.69, 9.17) is 9.47 Å². The van der Waals surface area contributed by atoms with Crippen LogP contribution in [0, 0.1) is 5.92 Å². The van der Waals surface area contributed by atoms with Gasteiger partial charge in [0.2, 0.25) is 0 Å². The number of phenols is 2. The molecule has 0 radical (unpaired) electrons. The monoisotopic (exact) mass is 453 g/mol. The van der Waals surface area contributed by atoms with Crippen molar-refractivity contribution in [2.45, 2.75) is 38.2 Å². The largest absolute Gasteiger partial charge is 0.504 e. The van der Waals surface area contributed by atoms with Gasteiger partial charge in [0, 0.05) is 24.7 Å². The van der Waals surface area contributed by atoms with E-state index in [1.54, 1.807) is 36.4 Å². The van der Waals surface area contributed by atoms with Gasteiger partial charge >= 0.3 is 0 Å². The van der Waals surface area contributed by atoms with Crippen LogP contribution >= 0.6 is 0 Å². The van der Waals surface area contributed by atoms with Crippen LogP contribution in [0.1, 0.15) is 29.5 Å². The number of nitrogens with one attached hydrogen (secondary N) is 1. The summed E-state index contributed by atoms with van der Waals surface area (Å²) in [5, 5.41) is 30.1. The second-order valence-corrected chi connectivity index (χ2v) is 8.20. The number of H-pyrrole nitrogens is 1. The van der Waals surface area contributed by atoms with E-state index in [1.165, 1.54) is 14.2 Å². The molecule has 2 aromatic carbocycles. The molecule has 2 unspecified atom stereocenters. The predicted molar refractivity (Wildman–Crippen MR) is 125 cm³/mol. The number of aromatic hydroxyl groups is 2. The molecule has 3 aromatic rings. The van der Waals surface area contributed by atoms with E-state index in [-0.39, 0.29) is 29.6 Å². The number of phenolic OH excluding ortho intramolecular Hbond substituents is 2. The lowest BCUT2D eigenvalue weighted by atomic mass is 9.87. The first-order valence-electron chi connectivity index (χ1n) is 10.9. The Morgan fingerprint density at radius 1 is 0.909 bits per heavy atom. The van der Waals surface area contributed by atoms with Gasteiger partial charge in [0.05, 0.1) is 20.3 Å². The molecule has 0 bridgehead atoms. The van der Waals surface area contributed by atoms with Gasteiger partial charge in [0.15, 0.2) is 23.0 Å². The maximum atomic E-state index is 13.2. The molecular formula is C26H31NO6. The van der Waals surface area contributed by atoms with Gasteiger partial charge < -0.3 is 29.8 Å². The number of aryl methyl sites for hydroxylation is 1. The van der Waals surface area contributed by atoms with E-state index >= 15 is 0 Å². The zero-order valence-corrected chi connectivity index (χ0v) is 19.0. The van der Waals surface area contributed by atoms with Gasteiger partial charge in [-0.15, -0.1) is 0 Å². The Labute approximate surface area is 193 Å². The van der Waals surface area contributed by atoms with Crippen molar-refractivity contribution >= 4 is 5.78 Å². The van der Waals surface area contributed by atoms with Crippen molar-refractivity contribution in [2.75, 3.05) is 14.2 Å². The minimum atomic E-state index is -0.777. The summed E-state index contributed by atoms with van der Waals surface area (Å²) in [4.78, 5) is 16.2. The Morgan fingerprint density at radius 2 is 1.52 bits per heavy atom. The van der Waals surface area contributed by atoms with Crippen molar-refractivity contribution in [1.29, 1.82) is 0 Å². The zero-order valence-electron chi connectivity index (χ0n) is 19.0. The molecule has 1 heterocycles. The number of aromatic nitrogens is 1. The lowest BCUT2D eigenvalue weighted by molar-refractivity contribution is -0.124. The molecule has 33 heavy (non-hydrogen) atoms. The van der Waals surface area contributed by atoms with Crippen molar-refractivity contribution in [1.82, 2.24) is 4.98 Å². The van der Waals surface area contributed by atoms with Gasteiger partial charge in [-0.1, -0.05) is 12.1 Å². The topological polar surface area (TPSA) is 112 Å². The number of aliphatic hydroxyl groups is 1. The Bertz CT molecular complexity index is 1050. The van der Waals surface area contributed by atoms with Crippen molar-refractivity contribution < 1.29 is 29.6 Å². The molecule has 0 saturated heterocycles. The summed E-state index contributed by atoms with van der Waals surface area (Å²) in [6.45, 7) is 0. The average molecular weight is 454 g/mol. The van der Waals surface area contributed by atoms with Crippen LogP contribution in [0.15, 0.2) is 54.9 Å². The van der Waals surface area contributed by atoms with E-state index in [9.17, 15) is 20.1 Å². The van der Waals surface area contributed by atoms with E-state index < -0.39 is 6.10 Å².